The molecule has 0 unspecified atom stereocenters. The molecule has 0 fully saturated rings. The maximum atomic E-state index is 12.0. The van der Waals surface area contributed by atoms with Gasteiger partial charge in [0.2, 0.25) is 0 Å². The van der Waals surface area contributed by atoms with Gasteiger partial charge in [0.15, 0.2) is 0 Å². The number of nitrogens with one attached hydrogen (secondary N) is 1. The summed E-state index contributed by atoms with van der Waals surface area (Å²) in [6, 6.07) is 16.8. The highest BCUT2D eigenvalue weighted by molar-refractivity contribution is 5.45. The SMILES string of the molecule is CCc1ncnc(NCCc2ccc(Oc3ccc(-n4ccc(N)nc4=O)cc3)cc2)c1C. The summed E-state index contributed by atoms with van der Waals surface area (Å²) in [4.78, 5) is 24.4. The number of hydrogen-bond donors (Lipinski definition) is 2. The third-order valence-electron chi connectivity index (χ3n) is 5.33. The molecule has 0 radical (unpaired) electrons. The van der Waals surface area contributed by atoms with Gasteiger partial charge in [-0.1, -0.05) is 19.1 Å². The quantitative estimate of drug-likeness (QED) is 0.426. The second-order valence-electron chi connectivity index (χ2n) is 7.57. The predicted octanol–water partition coefficient (Wildman–Crippen LogP) is 3.92. The van der Waals surface area contributed by atoms with Crippen molar-refractivity contribution in [2.75, 3.05) is 17.6 Å². The zero-order chi connectivity index (χ0) is 23.2. The standard InChI is InChI=1S/C25H26N6O2/c1-3-22-17(2)24(29-16-28-22)27-14-12-18-4-8-20(9-5-18)33-21-10-6-19(7-11-21)31-15-13-23(26)30-25(31)32/h4-11,13,15-16H,3,12,14H2,1-2H3,(H2,26,30,32)(H,27,28,29). The number of hydrogen-bond acceptors (Lipinski definition) is 7. The molecule has 0 aliphatic carbocycles. The Morgan fingerprint density at radius 2 is 1.70 bits per heavy atom. The lowest BCUT2D eigenvalue weighted by atomic mass is 10.1. The van der Waals surface area contributed by atoms with E-state index in [1.165, 1.54) is 10.1 Å². The fourth-order valence-corrected chi connectivity index (χ4v) is 3.49. The van der Waals surface area contributed by atoms with Crippen LogP contribution in [0.3, 0.4) is 0 Å². The molecule has 2 heterocycles. The van der Waals surface area contributed by atoms with Crippen LogP contribution in [-0.4, -0.2) is 26.1 Å². The second-order valence-corrected chi connectivity index (χ2v) is 7.57. The van der Waals surface area contributed by atoms with Gasteiger partial charge in [-0.25, -0.2) is 14.8 Å². The fraction of sp³-hybridized carbons (Fsp3) is 0.200. The van der Waals surface area contributed by atoms with E-state index in [0.717, 1.165) is 42.2 Å². The molecule has 4 rings (SSSR count). The summed E-state index contributed by atoms with van der Waals surface area (Å²) in [7, 11) is 0. The summed E-state index contributed by atoms with van der Waals surface area (Å²) >= 11 is 0. The minimum absolute atomic E-state index is 0.199. The molecule has 0 spiro atoms. The molecule has 4 aromatic rings. The smallest absolute Gasteiger partial charge is 0.354 e. The Morgan fingerprint density at radius 1 is 1.00 bits per heavy atom. The van der Waals surface area contributed by atoms with Crippen molar-refractivity contribution in [2.45, 2.75) is 26.7 Å². The lowest BCUT2D eigenvalue weighted by molar-refractivity contribution is 0.482. The van der Waals surface area contributed by atoms with E-state index in [2.05, 4.69) is 39.3 Å². The lowest BCUT2D eigenvalue weighted by Crippen LogP contribution is -2.21. The molecule has 0 bridgehead atoms. The highest BCUT2D eigenvalue weighted by Crippen LogP contribution is 2.23. The molecule has 0 amide bonds. The fourth-order valence-electron chi connectivity index (χ4n) is 3.49. The first kappa shape index (κ1) is 22.0. The average molecular weight is 443 g/mol. The third kappa shape index (κ3) is 5.35. The van der Waals surface area contributed by atoms with Crippen molar-refractivity contribution in [3.05, 3.63) is 94.4 Å². The highest BCUT2D eigenvalue weighted by Gasteiger charge is 2.06. The Kier molecular flexibility index (Phi) is 6.64. The Bertz CT molecular complexity index is 1280. The monoisotopic (exact) mass is 442 g/mol. The van der Waals surface area contributed by atoms with Crippen LogP contribution in [0, 0.1) is 6.92 Å². The molecule has 0 saturated carbocycles. The summed E-state index contributed by atoms with van der Waals surface area (Å²) in [5, 5.41) is 3.40. The van der Waals surface area contributed by atoms with E-state index in [-0.39, 0.29) is 5.82 Å². The minimum Gasteiger partial charge on any atom is -0.457 e. The van der Waals surface area contributed by atoms with Crippen LogP contribution < -0.4 is 21.5 Å². The van der Waals surface area contributed by atoms with Crippen LogP contribution in [0.5, 0.6) is 11.5 Å². The number of ether oxygens (including phenoxy) is 1. The number of nitrogen functional groups attached to an aromatic ring is 1. The van der Waals surface area contributed by atoms with Crippen LogP contribution in [0.4, 0.5) is 11.6 Å². The van der Waals surface area contributed by atoms with Crippen molar-refractivity contribution in [1.29, 1.82) is 0 Å². The Balaban J connectivity index is 1.33. The van der Waals surface area contributed by atoms with Gasteiger partial charge in [0, 0.05) is 24.0 Å². The highest BCUT2D eigenvalue weighted by atomic mass is 16.5. The molecular formula is C25H26N6O2. The van der Waals surface area contributed by atoms with Crippen LogP contribution in [-0.2, 0) is 12.8 Å². The number of aromatic nitrogens is 4. The zero-order valence-electron chi connectivity index (χ0n) is 18.7. The molecule has 0 atom stereocenters. The number of nitrogens with two attached hydrogens (primary N) is 1. The summed E-state index contributed by atoms with van der Waals surface area (Å²) in [5.74, 6) is 2.51. The van der Waals surface area contributed by atoms with Crippen LogP contribution in [0.1, 0.15) is 23.7 Å². The molecular weight excluding hydrogens is 416 g/mol. The first-order chi connectivity index (χ1) is 16.0. The van der Waals surface area contributed by atoms with Gasteiger partial charge < -0.3 is 15.8 Å². The largest absolute Gasteiger partial charge is 0.457 e. The van der Waals surface area contributed by atoms with Crippen LogP contribution in [0.2, 0.25) is 0 Å². The normalized spacial score (nSPS) is 10.7. The first-order valence-electron chi connectivity index (χ1n) is 10.8. The molecule has 0 aliphatic rings. The first-order valence-corrected chi connectivity index (χ1v) is 10.8. The summed E-state index contributed by atoms with van der Waals surface area (Å²) < 4.78 is 7.36. The van der Waals surface area contributed by atoms with Gasteiger partial charge in [0.25, 0.3) is 0 Å². The Hall–Kier alpha value is -4.20. The number of nitrogens with zero attached hydrogens (tertiary/aromatic N) is 4. The minimum atomic E-state index is -0.422. The van der Waals surface area contributed by atoms with E-state index in [4.69, 9.17) is 10.5 Å². The maximum Gasteiger partial charge on any atom is 0.354 e. The van der Waals surface area contributed by atoms with E-state index in [0.29, 0.717) is 11.4 Å². The van der Waals surface area contributed by atoms with E-state index < -0.39 is 5.69 Å². The van der Waals surface area contributed by atoms with E-state index in [1.54, 1.807) is 30.7 Å². The predicted molar refractivity (Wildman–Crippen MR) is 129 cm³/mol. The molecule has 8 nitrogen and oxygen atoms in total. The van der Waals surface area contributed by atoms with Crippen molar-refractivity contribution >= 4 is 11.6 Å². The van der Waals surface area contributed by atoms with E-state index in [1.807, 2.05) is 31.2 Å². The number of benzene rings is 2. The van der Waals surface area contributed by atoms with Gasteiger partial charge in [-0.3, -0.25) is 4.57 Å². The van der Waals surface area contributed by atoms with Gasteiger partial charge >= 0.3 is 5.69 Å². The second kappa shape index (κ2) is 9.95. The molecule has 168 valence electrons. The average Bonchev–Trinajstić information content (AvgIpc) is 2.82. The topological polar surface area (TPSA) is 108 Å². The Morgan fingerprint density at radius 3 is 2.36 bits per heavy atom. The third-order valence-corrected chi connectivity index (χ3v) is 5.33. The van der Waals surface area contributed by atoms with Gasteiger partial charge in [0.1, 0.15) is 29.5 Å². The van der Waals surface area contributed by atoms with Crippen LogP contribution >= 0.6 is 0 Å². The summed E-state index contributed by atoms with van der Waals surface area (Å²) in [6.45, 7) is 4.92. The molecule has 3 N–H and O–H groups in total. The van der Waals surface area contributed by atoms with Crippen molar-refractivity contribution < 1.29 is 4.74 Å². The van der Waals surface area contributed by atoms with E-state index in [9.17, 15) is 4.79 Å². The molecule has 2 aromatic carbocycles. The van der Waals surface area contributed by atoms with E-state index >= 15 is 0 Å². The molecule has 2 aromatic heterocycles. The molecule has 33 heavy (non-hydrogen) atoms. The number of rotatable bonds is 8. The van der Waals surface area contributed by atoms with Gasteiger partial charge in [-0.15, -0.1) is 0 Å². The number of anilines is 2. The van der Waals surface area contributed by atoms with Crippen molar-refractivity contribution in [3.63, 3.8) is 0 Å². The maximum absolute atomic E-state index is 12.0. The van der Waals surface area contributed by atoms with Crippen molar-refractivity contribution in [2.24, 2.45) is 0 Å². The zero-order valence-corrected chi connectivity index (χ0v) is 18.7. The van der Waals surface area contributed by atoms with Gasteiger partial charge in [-0.05, 0) is 67.8 Å². The summed E-state index contributed by atoms with van der Waals surface area (Å²) in [6.07, 6.45) is 4.97. The van der Waals surface area contributed by atoms with Crippen LogP contribution in [0.15, 0.2) is 71.9 Å². The van der Waals surface area contributed by atoms with Gasteiger partial charge in [0.05, 0.1) is 5.69 Å². The van der Waals surface area contributed by atoms with Crippen molar-refractivity contribution in [3.8, 4) is 17.2 Å². The van der Waals surface area contributed by atoms with Crippen molar-refractivity contribution in [1.82, 2.24) is 19.5 Å². The Labute approximate surface area is 192 Å². The molecule has 8 heteroatoms. The molecule has 0 aliphatic heterocycles. The summed E-state index contributed by atoms with van der Waals surface area (Å²) in [5.41, 5.74) is 9.18. The lowest BCUT2D eigenvalue weighted by Gasteiger charge is -2.11. The number of aryl methyl sites for hydroxylation is 1. The molecule has 0 saturated heterocycles. The van der Waals surface area contributed by atoms with Gasteiger partial charge in [-0.2, -0.15) is 4.98 Å². The van der Waals surface area contributed by atoms with Crippen LogP contribution in [0.25, 0.3) is 5.69 Å².